The molecule has 1 heterocycles. The van der Waals surface area contributed by atoms with Crippen molar-refractivity contribution in [2.24, 2.45) is 4.99 Å². The maximum Gasteiger partial charge on any atom is 0.573 e. The SMILES string of the molecule is CN=C(NCCc1ccc(OC(F)(F)F)cc1)NCC(C)(C)N1CCOCC1. The van der Waals surface area contributed by atoms with Crippen molar-refractivity contribution in [2.45, 2.75) is 32.2 Å². The second-order valence-electron chi connectivity index (χ2n) is 7.21. The van der Waals surface area contributed by atoms with Crippen LogP contribution in [0.25, 0.3) is 0 Å². The van der Waals surface area contributed by atoms with Crippen LogP contribution in [0.15, 0.2) is 29.3 Å². The van der Waals surface area contributed by atoms with Crippen LogP contribution in [0.2, 0.25) is 0 Å². The van der Waals surface area contributed by atoms with Crippen LogP contribution in [0, 0.1) is 0 Å². The van der Waals surface area contributed by atoms with Crippen molar-refractivity contribution < 1.29 is 22.6 Å². The van der Waals surface area contributed by atoms with Gasteiger partial charge in [-0.1, -0.05) is 12.1 Å². The number of hydrogen-bond donors (Lipinski definition) is 2. The number of alkyl halides is 3. The lowest BCUT2D eigenvalue weighted by molar-refractivity contribution is -0.274. The Bertz CT molecular complexity index is 627. The van der Waals surface area contributed by atoms with Crippen molar-refractivity contribution in [3.63, 3.8) is 0 Å². The summed E-state index contributed by atoms with van der Waals surface area (Å²) in [6.45, 7) is 9.04. The third kappa shape index (κ3) is 7.55. The molecule has 0 spiro atoms. The number of hydrogen-bond acceptors (Lipinski definition) is 4. The fourth-order valence-electron chi connectivity index (χ4n) is 2.98. The Hall–Kier alpha value is -2.00. The number of ether oxygens (including phenoxy) is 2. The summed E-state index contributed by atoms with van der Waals surface area (Å²) in [6.07, 6.45) is -4.02. The van der Waals surface area contributed by atoms with Crippen LogP contribution in [-0.4, -0.2) is 69.2 Å². The summed E-state index contributed by atoms with van der Waals surface area (Å²) in [5.74, 6) is 0.477. The van der Waals surface area contributed by atoms with Gasteiger partial charge in [0.05, 0.1) is 13.2 Å². The molecule has 0 bridgehead atoms. The highest BCUT2D eigenvalue weighted by Gasteiger charge is 2.31. The Balaban J connectivity index is 1.74. The fourth-order valence-corrected chi connectivity index (χ4v) is 2.98. The normalized spacial score (nSPS) is 16.7. The third-order valence-electron chi connectivity index (χ3n) is 4.64. The molecule has 9 heteroatoms. The third-order valence-corrected chi connectivity index (χ3v) is 4.64. The summed E-state index contributed by atoms with van der Waals surface area (Å²) in [5, 5.41) is 6.57. The first-order valence-electron chi connectivity index (χ1n) is 9.32. The lowest BCUT2D eigenvalue weighted by Crippen LogP contribution is -2.56. The summed E-state index contributed by atoms with van der Waals surface area (Å²) in [5.41, 5.74) is 0.876. The lowest BCUT2D eigenvalue weighted by Gasteiger charge is -2.41. The van der Waals surface area contributed by atoms with Gasteiger partial charge in [0.1, 0.15) is 5.75 Å². The standard InChI is InChI=1S/C19H29F3N4O2/c1-18(2,26-10-12-27-13-11-26)14-25-17(23-3)24-9-8-15-4-6-16(7-5-15)28-19(20,21)22/h4-7H,8-14H2,1-3H3,(H2,23,24,25). The number of aliphatic imine (C=N–C) groups is 1. The van der Waals surface area contributed by atoms with Gasteiger partial charge in [-0.15, -0.1) is 13.2 Å². The topological polar surface area (TPSA) is 58.1 Å². The van der Waals surface area contributed by atoms with E-state index in [0.29, 0.717) is 18.9 Å². The van der Waals surface area contributed by atoms with Crippen molar-refractivity contribution in [1.82, 2.24) is 15.5 Å². The molecule has 1 fully saturated rings. The molecule has 0 aromatic heterocycles. The van der Waals surface area contributed by atoms with E-state index in [9.17, 15) is 13.2 Å². The number of nitrogens with one attached hydrogen (secondary N) is 2. The summed E-state index contributed by atoms with van der Waals surface area (Å²) >= 11 is 0. The van der Waals surface area contributed by atoms with E-state index in [1.165, 1.54) is 12.1 Å². The predicted molar refractivity (Wildman–Crippen MR) is 103 cm³/mol. The van der Waals surface area contributed by atoms with Crippen LogP contribution in [0.5, 0.6) is 5.75 Å². The zero-order chi connectivity index (χ0) is 20.6. The molecule has 0 radical (unpaired) electrons. The second kappa shape index (κ2) is 9.97. The molecular formula is C19H29F3N4O2. The Morgan fingerprint density at radius 1 is 1.14 bits per heavy atom. The van der Waals surface area contributed by atoms with Crippen molar-refractivity contribution in [3.05, 3.63) is 29.8 Å². The van der Waals surface area contributed by atoms with Gasteiger partial charge in [0.2, 0.25) is 0 Å². The molecule has 1 aliphatic rings. The Kier molecular flexibility index (Phi) is 7.94. The predicted octanol–water partition coefficient (Wildman–Crippen LogP) is 2.40. The van der Waals surface area contributed by atoms with Gasteiger partial charge >= 0.3 is 6.36 Å². The minimum atomic E-state index is -4.67. The summed E-state index contributed by atoms with van der Waals surface area (Å²) in [4.78, 5) is 6.62. The van der Waals surface area contributed by atoms with Gasteiger partial charge < -0.3 is 20.1 Å². The highest BCUT2D eigenvalue weighted by atomic mass is 19.4. The fraction of sp³-hybridized carbons (Fsp3) is 0.632. The number of nitrogens with zero attached hydrogens (tertiary/aromatic N) is 2. The van der Waals surface area contributed by atoms with Crippen LogP contribution in [0.1, 0.15) is 19.4 Å². The smallest absolute Gasteiger partial charge is 0.406 e. The first-order chi connectivity index (χ1) is 13.2. The molecule has 0 aliphatic carbocycles. The van der Waals surface area contributed by atoms with E-state index in [-0.39, 0.29) is 11.3 Å². The zero-order valence-electron chi connectivity index (χ0n) is 16.6. The van der Waals surface area contributed by atoms with E-state index in [4.69, 9.17) is 4.74 Å². The van der Waals surface area contributed by atoms with E-state index < -0.39 is 6.36 Å². The van der Waals surface area contributed by atoms with Gasteiger partial charge in [-0.3, -0.25) is 9.89 Å². The molecule has 1 aromatic carbocycles. The summed E-state index contributed by atoms with van der Waals surface area (Å²) < 4.78 is 45.8. The largest absolute Gasteiger partial charge is 0.573 e. The van der Waals surface area contributed by atoms with E-state index in [0.717, 1.165) is 38.4 Å². The summed E-state index contributed by atoms with van der Waals surface area (Å²) in [6, 6.07) is 5.89. The van der Waals surface area contributed by atoms with Crippen molar-refractivity contribution in [2.75, 3.05) is 46.4 Å². The van der Waals surface area contributed by atoms with Crippen molar-refractivity contribution >= 4 is 5.96 Å². The average molecular weight is 402 g/mol. The Labute approximate surface area is 164 Å². The molecule has 1 saturated heterocycles. The number of benzene rings is 1. The van der Waals surface area contributed by atoms with Gasteiger partial charge in [0.25, 0.3) is 0 Å². The quantitative estimate of drug-likeness (QED) is 0.542. The highest BCUT2D eigenvalue weighted by Crippen LogP contribution is 2.22. The Morgan fingerprint density at radius 2 is 1.79 bits per heavy atom. The highest BCUT2D eigenvalue weighted by molar-refractivity contribution is 5.79. The minimum Gasteiger partial charge on any atom is -0.406 e. The van der Waals surface area contributed by atoms with E-state index in [1.807, 2.05) is 0 Å². The number of morpholine rings is 1. The lowest BCUT2D eigenvalue weighted by atomic mass is 10.0. The van der Waals surface area contributed by atoms with Crippen LogP contribution in [-0.2, 0) is 11.2 Å². The molecule has 0 atom stereocenters. The van der Waals surface area contributed by atoms with E-state index >= 15 is 0 Å². The molecule has 1 aliphatic heterocycles. The molecule has 0 saturated carbocycles. The molecule has 158 valence electrons. The van der Waals surface area contributed by atoms with Crippen LogP contribution < -0.4 is 15.4 Å². The van der Waals surface area contributed by atoms with Crippen molar-refractivity contribution in [3.8, 4) is 5.75 Å². The number of halogens is 3. The average Bonchev–Trinajstić information content (AvgIpc) is 2.65. The van der Waals surface area contributed by atoms with Crippen LogP contribution in [0.4, 0.5) is 13.2 Å². The van der Waals surface area contributed by atoms with Gasteiger partial charge in [0, 0.05) is 38.8 Å². The van der Waals surface area contributed by atoms with E-state index in [1.54, 1.807) is 19.2 Å². The van der Waals surface area contributed by atoms with Gasteiger partial charge in [-0.2, -0.15) is 0 Å². The minimum absolute atomic E-state index is 0.0320. The molecule has 2 N–H and O–H groups in total. The first-order valence-corrected chi connectivity index (χ1v) is 9.32. The maximum absolute atomic E-state index is 12.2. The zero-order valence-corrected chi connectivity index (χ0v) is 16.6. The summed E-state index contributed by atoms with van der Waals surface area (Å²) in [7, 11) is 1.71. The molecule has 28 heavy (non-hydrogen) atoms. The first kappa shape index (κ1) is 22.3. The molecule has 0 unspecified atom stereocenters. The molecule has 0 amide bonds. The molecule has 6 nitrogen and oxygen atoms in total. The molecule has 2 rings (SSSR count). The van der Waals surface area contributed by atoms with E-state index in [2.05, 4.69) is 39.1 Å². The Morgan fingerprint density at radius 3 is 2.36 bits per heavy atom. The van der Waals surface area contributed by atoms with Gasteiger partial charge in [0.15, 0.2) is 5.96 Å². The van der Waals surface area contributed by atoms with Gasteiger partial charge in [-0.05, 0) is 38.0 Å². The number of guanidine groups is 1. The maximum atomic E-state index is 12.2. The molecular weight excluding hydrogens is 373 g/mol. The van der Waals surface area contributed by atoms with Crippen molar-refractivity contribution in [1.29, 1.82) is 0 Å². The van der Waals surface area contributed by atoms with Crippen LogP contribution >= 0.6 is 0 Å². The van der Waals surface area contributed by atoms with Gasteiger partial charge in [-0.25, -0.2) is 0 Å². The van der Waals surface area contributed by atoms with Crippen LogP contribution in [0.3, 0.4) is 0 Å². The number of rotatable bonds is 7. The second-order valence-corrected chi connectivity index (χ2v) is 7.21. The molecule has 1 aromatic rings. The monoisotopic (exact) mass is 402 g/mol.